The summed E-state index contributed by atoms with van der Waals surface area (Å²) in [6, 6.07) is 11.0. The molecule has 0 aliphatic heterocycles. The van der Waals surface area contributed by atoms with E-state index in [1.165, 1.54) is 4.90 Å². The van der Waals surface area contributed by atoms with E-state index in [1.54, 1.807) is 44.5 Å². The van der Waals surface area contributed by atoms with Crippen molar-refractivity contribution in [1.82, 2.24) is 19.8 Å². The first-order chi connectivity index (χ1) is 14.3. The van der Waals surface area contributed by atoms with Crippen LogP contribution in [0.1, 0.15) is 37.8 Å². The van der Waals surface area contributed by atoms with Gasteiger partial charge in [0.2, 0.25) is 0 Å². The van der Waals surface area contributed by atoms with Gasteiger partial charge in [0.05, 0.1) is 22.5 Å². The molecular formula is C22H25N5O2S. The molecular weight excluding hydrogens is 398 g/mol. The maximum Gasteiger partial charge on any atom is 0.271 e. The van der Waals surface area contributed by atoms with Crippen molar-refractivity contribution < 1.29 is 9.59 Å². The Hall–Kier alpha value is -3.10. The zero-order valence-corrected chi connectivity index (χ0v) is 18.4. The molecule has 8 heteroatoms. The molecule has 0 bridgehead atoms. The van der Waals surface area contributed by atoms with E-state index in [1.807, 2.05) is 42.2 Å². The third-order valence-corrected chi connectivity index (χ3v) is 5.14. The normalized spacial score (nSPS) is 10.8. The summed E-state index contributed by atoms with van der Waals surface area (Å²) in [5.41, 5.74) is 5.96. The summed E-state index contributed by atoms with van der Waals surface area (Å²) in [6.45, 7) is 3.23. The number of nitrogens with zero attached hydrogens (tertiary/aromatic N) is 4. The van der Waals surface area contributed by atoms with E-state index in [-0.39, 0.29) is 11.8 Å². The molecule has 0 spiro atoms. The van der Waals surface area contributed by atoms with E-state index >= 15 is 0 Å². The number of thiazole rings is 1. The molecule has 1 N–H and O–H groups in total. The zero-order valence-electron chi connectivity index (χ0n) is 17.5. The Morgan fingerprint density at radius 3 is 2.57 bits per heavy atom. The largest absolute Gasteiger partial charge is 0.343 e. The number of amides is 2. The third-order valence-electron chi connectivity index (χ3n) is 4.51. The summed E-state index contributed by atoms with van der Waals surface area (Å²) in [5, 5.41) is 4.97. The lowest BCUT2D eigenvalue weighted by Gasteiger charge is -2.16. The number of hydrogen-bond donors (Lipinski definition) is 1. The first-order valence-corrected chi connectivity index (χ1v) is 10.4. The smallest absolute Gasteiger partial charge is 0.271 e. The van der Waals surface area contributed by atoms with Gasteiger partial charge in [-0.2, -0.15) is 0 Å². The van der Waals surface area contributed by atoms with Crippen LogP contribution in [0.15, 0.2) is 47.3 Å². The molecule has 0 aliphatic rings. The van der Waals surface area contributed by atoms with Gasteiger partial charge in [-0.25, -0.2) is 9.97 Å². The topological polar surface area (TPSA) is 78.4 Å². The summed E-state index contributed by atoms with van der Waals surface area (Å²) in [6.07, 6.45) is 0. The first-order valence-electron chi connectivity index (χ1n) is 9.48. The number of benzene rings is 1. The van der Waals surface area contributed by atoms with Crippen LogP contribution in [0.2, 0.25) is 0 Å². The molecule has 0 aliphatic carbocycles. The molecule has 1 aromatic carbocycles. The number of nitrogens with one attached hydrogen (secondary N) is 1. The second kappa shape index (κ2) is 9.60. The lowest BCUT2D eigenvalue weighted by molar-refractivity contribution is 0.0821. The first kappa shape index (κ1) is 21.6. The molecule has 0 atom stereocenters. The van der Waals surface area contributed by atoms with Gasteiger partial charge >= 0.3 is 0 Å². The fourth-order valence-electron chi connectivity index (χ4n) is 3.05. The number of anilines is 1. The number of aryl methyl sites for hydroxylation is 1. The molecule has 2 amide bonds. The predicted molar refractivity (Wildman–Crippen MR) is 119 cm³/mol. The molecule has 2 aromatic heterocycles. The average Bonchev–Trinajstić information content (AvgIpc) is 3.20. The maximum atomic E-state index is 12.7. The quantitative estimate of drug-likeness (QED) is 0.630. The molecule has 156 valence electrons. The molecule has 0 unspecified atom stereocenters. The van der Waals surface area contributed by atoms with Crippen molar-refractivity contribution in [2.24, 2.45) is 0 Å². The van der Waals surface area contributed by atoms with Crippen LogP contribution in [0.5, 0.6) is 0 Å². The Morgan fingerprint density at radius 2 is 1.90 bits per heavy atom. The highest BCUT2D eigenvalue weighted by atomic mass is 32.1. The minimum Gasteiger partial charge on any atom is -0.343 e. The molecule has 30 heavy (non-hydrogen) atoms. The summed E-state index contributed by atoms with van der Waals surface area (Å²) in [5.74, 6) is -0.448. The lowest BCUT2D eigenvalue weighted by Crippen LogP contribution is -2.24. The van der Waals surface area contributed by atoms with Crippen molar-refractivity contribution in [3.63, 3.8) is 0 Å². The van der Waals surface area contributed by atoms with Crippen molar-refractivity contribution in [1.29, 1.82) is 0 Å². The highest BCUT2D eigenvalue weighted by molar-refractivity contribution is 7.07. The summed E-state index contributed by atoms with van der Waals surface area (Å²) >= 11 is 1.59. The minimum absolute atomic E-state index is 0.195. The van der Waals surface area contributed by atoms with Crippen molar-refractivity contribution in [2.45, 2.75) is 20.0 Å². The zero-order chi connectivity index (χ0) is 21.7. The second-order valence-corrected chi connectivity index (χ2v) is 8.05. The molecule has 7 nitrogen and oxygen atoms in total. The number of aromatic nitrogens is 2. The molecule has 0 saturated heterocycles. The van der Waals surface area contributed by atoms with E-state index < -0.39 is 0 Å². The Bertz CT molecular complexity index is 1030. The maximum absolute atomic E-state index is 12.7. The van der Waals surface area contributed by atoms with Gasteiger partial charge in [-0.3, -0.25) is 14.5 Å². The summed E-state index contributed by atoms with van der Waals surface area (Å²) in [7, 11) is 5.37. The number of carbonyl (C=O) groups is 2. The van der Waals surface area contributed by atoms with E-state index in [2.05, 4.69) is 20.2 Å². The van der Waals surface area contributed by atoms with Crippen molar-refractivity contribution in [2.75, 3.05) is 26.5 Å². The van der Waals surface area contributed by atoms with Gasteiger partial charge in [-0.05, 0) is 43.8 Å². The van der Waals surface area contributed by atoms with E-state index in [0.29, 0.717) is 22.6 Å². The fourth-order valence-corrected chi connectivity index (χ4v) is 3.60. The van der Waals surface area contributed by atoms with Crippen LogP contribution in [0.3, 0.4) is 0 Å². The van der Waals surface area contributed by atoms with Crippen LogP contribution in [-0.2, 0) is 13.1 Å². The van der Waals surface area contributed by atoms with Gasteiger partial charge in [0.15, 0.2) is 0 Å². The SMILES string of the molecule is Cc1nc(C(=O)N(C)C)ccc1C(=O)Nc1cccc(CN(C)Cc2cscn2)c1. The molecule has 2 heterocycles. The van der Waals surface area contributed by atoms with Gasteiger partial charge in [-0.1, -0.05) is 12.1 Å². The standard InChI is InChI=1S/C22H25N5O2S/c1-15-19(8-9-20(24-15)22(29)26(2)3)21(28)25-17-7-5-6-16(10-17)11-27(4)12-18-13-30-14-23-18/h5-10,13-14H,11-12H2,1-4H3,(H,25,28). The molecule has 0 fully saturated rings. The van der Waals surface area contributed by atoms with Crippen LogP contribution >= 0.6 is 11.3 Å². The van der Waals surface area contributed by atoms with Crippen molar-refractivity contribution in [3.8, 4) is 0 Å². The number of pyridine rings is 1. The monoisotopic (exact) mass is 423 g/mol. The van der Waals surface area contributed by atoms with Crippen LogP contribution in [0.4, 0.5) is 5.69 Å². The van der Waals surface area contributed by atoms with Gasteiger partial charge in [0.1, 0.15) is 5.69 Å². The predicted octanol–water partition coefficient (Wildman–Crippen LogP) is 3.43. The van der Waals surface area contributed by atoms with Crippen LogP contribution in [0.25, 0.3) is 0 Å². The molecule has 0 radical (unpaired) electrons. The van der Waals surface area contributed by atoms with Crippen LogP contribution < -0.4 is 5.32 Å². The van der Waals surface area contributed by atoms with Crippen molar-refractivity contribution >= 4 is 28.8 Å². The molecule has 3 aromatic rings. The second-order valence-electron chi connectivity index (χ2n) is 7.34. The summed E-state index contributed by atoms with van der Waals surface area (Å²) in [4.78, 5) is 37.0. The number of carbonyl (C=O) groups excluding carboxylic acids is 2. The van der Waals surface area contributed by atoms with Crippen LogP contribution in [-0.4, -0.2) is 52.7 Å². The van der Waals surface area contributed by atoms with E-state index in [0.717, 1.165) is 24.3 Å². The minimum atomic E-state index is -0.253. The molecule has 0 saturated carbocycles. The Morgan fingerprint density at radius 1 is 1.10 bits per heavy atom. The Labute approximate surface area is 180 Å². The van der Waals surface area contributed by atoms with Gasteiger partial charge in [0.25, 0.3) is 11.8 Å². The highest BCUT2D eigenvalue weighted by Gasteiger charge is 2.15. The number of hydrogen-bond acceptors (Lipinski definition) is 6. The van der Waals surface area contributed by atoms with Crippen molar-refractivity contribution in [3.05, 3.63) is 75.5 Å². The van der Waals surface area contributed by atoms with E-state index in [9.17, 15) is 9.59 Å². The summed E-state index contributed by atoms with van der Waals surface area (Å²) < 4.78 is 0. The Kier molecular flexibility index (Phi) is 6.91. The lowest BCUT2D eigenvalue weighted by atomic mass is 10.1. The highest BCUT2D eigenvalue weighted by Crippen LogP contribution is 2.16. The Balaban J connectivity index is 1.67. The van der Waals surface area contributed by atoms with Gasteiger partial charge < -0.3 is 10.2 Å². The van der Waals surface area contributed by atoms with Gasteiger partial charge in [0, 0.05) is 38.3 Å². The van der Waals surface area contributed by atoms with Gasteiger partial charge in [-0.15, -0.1) is 11.3 Å². The fraction of sp³-hybridized carbons (Fsp3) is 0.273. The third kappa shape index (κ3) is 5.49. The average molecular weight is 424 g/mol. The number of rotatable bonds is 7. The van der Waals surface area contributed by atoms with Crippen LogP contribution in [0, 0.1) is 6.92 Å². The molecule has 3 rings (SSSR count). The van der Waals surface area contributed by atoms with E-state index in [4.69, 9.17) is 0 Å².